The first-order valence-electron chi connectivity index (χ1n) is 4.31. The minimum absolute atomic E-state index is 0.760. The molecule has 0 saturated heterocycles. The van der Waals surface area contributed by atoms with E-state index in [1.54, 1.807) is 0 Å². The standard InChI is InChI=1S/C8H15N.C2H6/c1-3-5-8(2)6-4-7-9;1-2/h3,5H,2,4,6-7,9H2,1H3;1-2H3/b5-3-;. The van der Waals surface area contributed by atoms with Gasteiger partial charge in [-0.3, -0.25) is 0 Å². The highest BCUT2D eigenvalue weighted by molar-refractivity contribution is 5.12. The van der Waals surface area contributed by atoms with Crippen molar-refractivity contribution in [2.24, 2.45) is 5.73 Å². The Bertz CT molecular complexity index is 103. The van der Waals surface area contributed by atoms with Crippen LogP contribution in [0.15, 0.2) is 24.3 Å². The SMILES string of the molecule is C=C(/C=C\C)CCCN.CC. The van der Waals surface area contributed by atoms with Crippen molar-refractivity contribution < 1.29 is 0 Å². The highest BCUT2D eigenvalue weighted by atomic mass is 14.5. The van der Waals surface area contributed by atoms with E-state index in [0.717, 1.165) is 19.4 Å². The van der Waals surface area contributed by atoms with Crippen LogP contribution in [0.1, 0.15) is 33.6 Å². The number of hydrogen-bond acceptors (Lipinski definition) is 1. The van der Waals surface area contributed by atoms with E-state index in [-0.39, 0.29) is 0 Å². The molecule has 0 rings (SSSR count). The maximum Gasteiger partial charge on any atom is -0.00741 e. The summed E-state index contributed by atoms with van der Waals surface area (Å²) in [7, 11) is 0. The van der Waals surface area contributed by atoms with Crippen LogP contribution in [0.4, 0.5) is 0 Å². The predicted molar refractivity (Wildman–Crippen MR) is 53.6 cm³/mol. The van der Waals surface area contributed by atoms with E-state index in [1.807, 2.05) is 32.9 Å². The van der Waals surface area contributed by atoms with Gasteiger partial charge in [-0.2, -0.15) is 0 Å². The molecule has 0 aliphatic carbocycles. The molecule has 0 spiro atoms. The van der Waals surface area contributed by atoms with Crippen LogP contribution < -0.4 is 5.73 Å². The van der Waals surface area contributed by atoms with Gasteiger partial charge in [0, 0.05) is 0 Å². The molecule has 0 saturated carbocycles. The summed E-state index contributed by atoms with van der Waals surface area (Å²) in [5.74, 6) is 0. The second-order valence-electron chi connectivity index (χ2n) is 2.05. The van der Waals surface area contributed by atoms with Crippen molar-refractivity contribution >= 4 is 0 Å². The average molecular weight is 155 g/mol. The number of nitrogens with two attached hydrogens (primary N) is 1. The fraction of sp³-hybridized carbons (Fsp3) is 0.600. The van der Waals surface area contributed by atoms with Gasteiger partial charge in [0.1, 0.15) is 0 Å². The first-order valence-corrected chi connectivity index (χ1v) is 4.31. The van der Waals surface area contributed by atoms with Gasteiger partial charge in [-0.05, 0) is 26.3 Å². The van der Waals surface area contributed by atoms with Gasteiger partial charge in [-0.15, -0.1) is 0 Å². The summed E-state index contributed by atoms with van der Waals surface area (Å²) in [6.45, 7) is 10.6. The molecule has 0 aromatic carbocycles. The van der Waals surface area contributed by atoms with E-state index in [9.17, 15) is 0 Å². The molecular weight excluding hydrogens is 134 g/mol. The summed E-state index contributed by atoms with van der Waals surface area (Å²) in [5, 5.41) is 0. The summed E-state index contributed by atoms with van der Waals surface area (Å²) in [6, 6.07) is 0. The third-order valence-corrected chi connectivity index (χ3v) is 1.10. The topological polar surface area (TPSA) is 26.0 Å². The first-order chi connectivity index (χ1) is 5.31. The zero-order chi connectivity index (χ0) is 9.11. The second-order valence-corrected chi connectivity index (χ2v) is 2.05. The molecule has 0 amide bonds. The zero-order valence-electron chi connectivity index (χ0n) is 8.06. The van der Waals surface area contributed by atoms with Crippen LogP contribution in [0.25, 0.3) is 0 Å². The third kappa shape index (κ3) is 12.6. The summed E-state index contributed by atoms with van der Waals surface area (Å²) in [4.78, 5) is 0. The third-order valence-electron chi connectivity index (χ3n) is 1.10. The number of rotatable bonds is 4. The monoisotopic (exact) mass is 155 g/mol. The van der Waals surface area contributed by atoms with E-state index in [4.69, 9.17) is 5.73 Å². The zero-order valence-corrected chi connectivity index (χ0v) is 8.06. The van der Waals surface area contributed by atoms with Crippen LogP contribution in [0.5, 0.6) is 0 Å². The fourth-order valence-electron chi connectivity index (χ4n) is 0.648. The Morgan fingerprint density at radius 2 is 2.00 bits per heavy atom. The Hall–Kier alpha value is -0.560. The van der Waals surface area contributed by atoms with E-state index >= 15 is 0 Å². The summed E-state index contributed by atoms with van der Waals surface area (Å²) < 4.78 is 0. The molecular formula is C10H21N. The Kier molecular flexibility index (Phi) is 14.4. The van der Waals surface area contributed by atoms with E-state index in [2.05, 4.69) is 6.58 Å². The highest BCUT2D eigenvalue weighted by Crippen LogP contribution is 2.01. The molecule has 0 unspecified atom stereocenters. The van der Waals surface area contributed by atoms with Crippen LogP contribution in [0.3, 0.4) is 0 Å². The van der Waals surface area contributed by atoms with Crippen LogP contribution in [-0.4, -0.2) is 6.54 Å². The van der Waals surface area contributed by atoms with Crippen molar-refractivity contribution in [3.63, 3.8) is 0 Å². The van der Waals surface area contributed by atoms with Crippen molar-refractivity contribution in [1.82, 2.24) is 0 Å². The Morgan fingerprint density at radius 1 is 1.45 bits per heavy atom. The van der Waals surface area contributed by atoms with Crippen LogP contribution in [-0.2, 0) is 0 Å². The molecule has 0 aromatic heterocycles. The molecule has 1 heteroatoms. The molecule has 0 aromatic rings. The molecule has 0 aliphatic heterocycles. The van der Waals surface area contributed by atoms with Crippen molar-refractivity contribution in [2.45, 2.75) is 33.6 Å². The summed E-state index contributed by atoms with van der Waals surface area (Å²) in [6.07, 6.45) is 6.10. The van der Waals surface area contributed by atoms with Gasteiger partial charge in [0.25, 0.3) is 0 Å². The number of allylic oxidation sites excluding steroid dienone is 3. The van der Waals surface area contributed by atoms with Crippen molar-refractivity contribution in [1.29, 1.82) is 0 Å². The predicted octanol–water partition coefficient (Wildman–Crippen LogP) is 2.88. The van der Waals surface area contributed by atoms with E-state index in [0.29, 0.717) is 0 Å². The molecule has 0 bridgehead atoms. The minimum Gasteiger partial charge on any atom is -0.330 e. The lowest BCUT2D eigenvalue weighted by Gasteiger charge is -1.94. The van der Waals surface area contributed by atoms with Gasteiger partial charge in [-0.1, -0.05) is 38.2 Å². The molecule has 0 aliphatic rings. The largest absolute Gasteiger partial charge is 0.330 e. The van der Waals surface area contributed by atoms with Gasteiger partial charge in [0.05, 0.1) is 0 Å². The Balaban J connectivity index is 0. The lowest BCUT2D eigenvalue weighted by atomic mass is 10.1. The minimum atomic E-state index is 0.760. The van der Waals surface area contributed by atoms with Crippen LogP contribution in [0, 0.1) is 0 Å². The Morgan fingerprint density at radius 3 is 2.36 bits per heavy atom. The smallest absolute Gasteiger partial charge is 0.00741 e. The molecule has 66 valence electrons. The van der Waals surface area contributed by atoms with Gasteiger partial charge in [0.15, 0.2) is 0 Å². The molecule has 0 heterocycles. The van der Waals surface area contributed by atoms with Crippen LogP contribution in [0.2, 0.25) is 0 Å². The molecule has 2 N–H and O–H groups in total. The van der Waals surface area contributed by atoms with Crippen LogP contribution >= 0.6 is 0 Å². The normalized spacial score (nSPS) is 9.09. The van der Waals surface area contributed by atoms with Gasteiger partial charge < -0.3 is 5.73 Å². The first kappa shape index (κ1) is 13.1. The quantitative estimate of drug-likeness (QED) is 0.621. The lowest BCUT2D eigenvalue weighted by Crippen LogP contribution is -1.97. The highest BCUT2D eigenvalue weighted by Gasteiger charge is 1.85. The molecule has 0 atom stereocenters. The lowest BCUT2D eigenvalue weighted by molar-refractivity contribution is 0.837. The van der Waals surface area contributed by atoms with E-state index < -0.39 is 0 Å². The maximum atomic E-state index is 5.31. The maximum absolute atomic E-state index is 5.31. The van der Waals surface area contributed by atoms with Crippen molar-refractivity contribution in [3.05, 3.63) is 24.3 Å². The van der Waals surface area contributed by atoms with E-state index in [1.165, 1.54) is 5.57 Å². The molecule has 1 nitrogen and oxygen atoms in total. The summed E-state index contributed by atoms with van der Waals surface area (Å²) in [5.41, 5.74) is 6.48. The molecule has 0 fully saturated rings. The average Bonchev–Trinajstić information content (AvgIpc) is 2.05. The fourth-order valence-corrected chi connectivity index (χ4v) is 0.648. The Labute approximate surface area is 71.0 Å². The summed E-state index contributed by atoms with van der Waals surface area (Å²) >= 11 is 0. The van der Waals surface area contributed by atoms with Gasteiger partial charge in [0.2, 0.25) is 0 Å². The molecule has 11 heavy (non-hydrogen) atoms. The van der Waals surface area contributed by atoms with Gasteiger partial charge >= 0.3 is 0 Å². The second kappa shape index (κ2) is 12.1. The number of hydrogen-bond donors (Lipinski definition) is 1. The van der Waals surface area contributed by atoms with Crippen molar-refractivity contribution in [2.75, 3.05) is 6.54 Å². The van der Waals surface area contributed by atoms with Gasteiger partial charge in [-0.25, -0.2) is 0 Å². The van der Waals surface area contributed by atoms with Crippen molar-refractivity contribution in [3.8, 4) is 0 Å². The molecule has 0 radical (unpaired) electrons.